The maximum atomic E-state index is 13.9. The van der Waals surface area contributed by atoms with Crippen LogP contribution in [0.3, 0.4) is 0 Å². The van der Waals surface area contributed by atoms with Crippen molar-refractivity contribution >= 4 is 17.4 Å². The smallest absolute Gasteiger partial charge is 0.170 e. The van der Waals surface area contributed by atoms with Crippen LogP contribution < -0.4 is 10.5 Å². The molecule has 104 valence electrons. The molecule has 0 aliphatic carbocycles. The number of oxime groups is 1. The molecule has 0 heterocycles. The molecule has 0 atom stereocenters. The third kappa shape index (κ3) is 3.00. The summed E-state index contributed by atoms with van der Waals surface area (Å²) < 4.78 is 19.3. The topological polar surface area (TPSA) is 67.8 Å². The van der Waals surface area contributed by atoms with E-state index in [4.69, 9.17) is 27.3 Å². The van der Waals surface area contributed by atoms with Gasteiger partial charge in [0.1, 0.15) is 5.75 Å². The number of benzene rings is 2. The highest BCUT2D eigenvalue weighted by Gasteiger charge is 2.10. The zero-order valence-corrected chi connectivity index (χ0v) is 11.4. The van der Waals surface area contributed by atoms with Gasteiger partial charge in [-0.2, -0.15) is 0 Å². The fourth-order valence-corrected chi connectivity index (χ4v) is 1.88. The Bertz CT molecular complexity index is 674. The maximum absolute atomic E-state index is 13.9. The van der Waals surface area contributed by atoms with Crippen molar-refractivity contribution in [2.45, 2.75) is 6.92 Å². The molecule has 0 bridgehead atoms. The van der Waals surface area contributed by atoms with Crippen LogP contribution in [0.2, 0.25) is 5.02 Å². The maximum Gasteiger partial charge on any atom is 0.170 e. The van der Waals surface area contributed by atoms with Crippen molar-refractivity contribution in [3.63, 3.8) is 0 Å². The number of amidine groups is 1. The molecule has 0 unspecified atom stereocenters. The molecular weight excluding hydrogens is 283 g/mol. The lowest BCUT2D eigenvalue weighted by Crippen LogP contribution is -2.13. The van der Waals surface area contributed by atoms with Gasteiger partial charge < -0.3 is 15.7 Å². The van der Waals surface area contributed by atoms with Crippen molar-refractivity contribution in [3.8, 4) is 11.5 Å². The number of hydrogen-bond donors (Lipinski definition) is 2. The van der Waals surface area contributed by atoms with E-state index in [9.17, 15) is 4.39 Å². The van der Waals surface area contributed by atoms with Gasteiger partial charge in [0.25, 0.3) is 0 Å². The highest BCUT2D eigenvalue weighted by Crippen LogP contribution is 2.31. The van der Waals surface area contributed by atoms with Gasteiger partial charge in [-0.25, -0.2) is 4.39 Å². The van der Waals surface area contributed by atoms with Gasteiger partial charge in [-0.3, -0.25) is 0 Å². The molecule has 4 nitrogen and oxygen atoms in total. The number of hydrogen-bond acceptors (Lipinski definition) is 3. The third-order valence-corrected chi connectivity index (χ3v) is 2.94. The summed E-state index contributed by atoms with van der Waals surface area (Å²) in [6.45, 7) is 1.89. The fourth-order valence-electron chi connectivity index (χ4n) is 1.61. The van der Waals surface area contributed by atoms with E-state index >= 15 is 0 Å². The number of nitrogens with two attached hydrogens (primary N) is 1. The molecule has 0 fully saturated rings. The van der Waals surface area contributed by atoms with Crippen molar-refractivity contribution < 1.29 is 14.3 Å². The zero-order valence-electron chi connectivity index (χ0n) is 10.6. The Morgan fingerprint density at radius 1 is 1.25 bits per heavy atom. The summed E-state index contributed by atoms with van der Waals surface area (Å²) in [5, 5.41) is 11.7. The summed E-state index contributed by atoms with van der Waals surface area (Å²) in [5.41, 5.74) is 6.61. The van der Waals surface area contributed by atoms with Crippen LogP contribution in [0.15, 0.2) is 41.6 Å². The van der Waals surface area contributed by atoms with Crippen LogP contribution in [0.1, 0.15) is 11.1 Å². The Hall–Kier alpha value is -2.27. The monoisotopic (exact) mass is 294 g/mol. The molecule has 2 aromatic rings. The summed E-state index contributed by atoms with van der Waals surface area (Å²) in [6.07, 6.45) is 0. The molecular formula is C14H12ClFN2O2. The van der Waals surface area contributed by atoms with Gasteiger partial charge in [-0.15, -0.1) is 0 Å². The summed E-state index contributed by atoms with van der Waals surface area (Å²) in [4.78, 5) is 0. The van der Waals surface area contributed by atoms with Crippen molar-refractivity contribution in [1.82, 2.24) is 0 Å². The van der Waals surface area contributed by atoms with Crippen molar-refractivity contribution in [3.05, 3.63) is 58.4 Å². The first-order chi connectivity index (χ1) is 9.51. The number of halogens is 2. The zero-order chi connectivity index (χ0) is 14.7. The largest absolute Gasteiger partial charge is 0.453 e. The van der Waals surface area contributed by atoms with Crippen molar-refractivity contribution in [2.75, 3.05) is 0 Å². The van der Waals surface area contributed by atoms with E-state index < -0.39 is 5.82 Å². The predicted molar refractivity (Wildman–Crippen MR) is 75.2 cm³/mol. The molecule has 0 radical (unpaired) electrons. The summed E-state index contributed by atoms with van der Waals surface area (Å²) >= 11 is 6.02. The second-order valence-corrected chi connectivity index (χ2v) is 4.57. The normalized spacial score (nSPS) is 11.4. The molecule has 0 aliphatic rings. The van der Waals surface area contributed by atoms with Crippen LogP contribution in [0.25, 0.3) is 0 Å². The van der Waals surface area contributed by atoms with Crippen molar-refractivity contribution in [2.24, 2.45) is 10.9 Å². The lowest BCUT2D eigenvalue weighted by Gasteiger charge is -2.10. The number of nitrogens with zero attached hydrogens (tertiary/aromatic N) is 1. The van der Waals surface area contributed by atoms with Gasteiger partial charge in [0.2, 0.25) is 0 Å². The second-order valence-electron chi connectivity index (χ2n) is 4.17. The van der Waals surface area contributed by atoms with E-state index in [0.29, 0.717) is 10.8 Å². The van der Waals surface area contributed by atoms with Crippen LogP contribution in [-0.2, 0) is 0 Å². The van der Waals surface area contributed by atoms with Crippen LogP contribution in [-0.4, -0.2) is 11.0 Å². The number of aryl methyl sites for hydroxylation is 1. The molecule has 6 heteroatoms. The first-order valence-corrected chi connectivity index (χ1v) is 6.10. The van der Waals surface area contributed by atoms with Crippen LogP contribution >= 0.6 is 11.6 Å². The quantitative estimate of drug-likeness (QED) is 0.393. The fraction of sp³-hybridized carbons (Fsp3) is 0.0714. The van der Waals surface area contributed by atoms with Gasteiger partial charge in [-0.05, 0) is 42.8 Å². The SMILES string of the molecule is Cc1ccc(Oc2ccc(C(N)=NO)cc2F)c(Cl)c1. The molecule has 0 aliphatic heterocycles. The Kier molecular flexibility index (Phi) is 4.10. The van der Waals surface area contributed by atoms with E-state index in [1.54, 1.807) is 12.1 Å². The minimum Gasteiger partial charge on any atom is -0.453 e. The average Bonchev–Trinajstić information content (AvgIpc) is 2.42. The molecule has 2 aromatic carbocycles. The molecule has 2 rings (SSSR count). The summed E-state index contributed by atoms with van der Waals surface area (Å²) in [5.74, 6) is -0.451. The molecule has 0 saturated heterocycles. The molecule has 0 aromatic heterocycles. The van der Waals surface area contributed by atoms with Gasteiger partial charge in [-0.1, -0.05) is 22.8 Å². The Balaban J connectivity index is 2.30. The average molecular weight is 295 g/mol. The molecule has 0 amide bonds. The van der Waals surface area contributed by atoms with Crippen LogP contribution in [0.4, 0.5) is 4.39 Å². The second kappa shape index (κ2) is 5.79. The minimum absolute atomic E-state index is 0.00485. The first kappa shape index (κ1) is 14.1. The highest BCUT2D eigenvalue weighted by molar-refractivity contribution is 6.32. The minimum atomic E-state index is -0.634. The van der Waals surface area contributed by atoms with Crippen LogP contribution in [0, 0.1) is 12.7 Å². The Morgan fingerprint density at radius 3 is 2.55 bits per heavy atom. The standard InChI is InChI=1S/C14H12ClFN2O2/c1-8-2-4-12(10(15)6-8)20-13-5-3-9(7-11(13)16)14(17)18-19/h2-7,19H,1H3,(H2,17,18). The van der Waals surface area contributed by atoms with Gasteiger partial charge >= 0.3 is 0 Å². The summed E-state index contributed by atoms with van der Waals surface area (Å²) in [6, 6.07) is 9.18. The lowest BCUT2D eigenvalue weighted by atomic mass is 10.2. The predicted octanol–water partition coefficient (Wildman–Crippen LogP) is 3.67. The lowest BCUT2D eigenvalue weighted by molar-refractivity contribution is 0.318. The number of rotatable bonds is 3. The van der Waals surface area contributed by atoms with E-state index in [-0.39, 0.29) is 17.1 Å². The highest BCUT2D eigenvalue weighted by atomic mass is 35.5. The van der Waals surface area contributed by atoms with E-state index in [2.05, 4.69) is 5.16 Å². The Morgan fingerprint density at radius 2 is 1.95 bits per heavy atom. The van der Waals surface area contributed by atoms with Crippen molar-refractivity contribution in [1.29, 1.82) is 0 Å². The van der Waals surface area contributed by atoms with Gasteiger partial charge in [0.15, 0.2) is 17.4 Å². The molecule has 3 N–H and O–H groups in total. The number of ether oxygens (including phenoxy) is 1. The Labute approximate surface area is 120 Å². The molecule has 20 heavy (non-hydrogen) atoms. The summed E-state index contributed by atoms with van der Waals surface area (Å²) in [7, 11) is 0. The third-order valence-electron chi connectivity index (χ3n) is 2.64. The first-order valence-electron chi connectivity index (χ1n) is 5.72. The van der Waals surface area contributed by atoms with E-state index in [1.165, 1.54) is 12.1 Å². The van der Waals surface area contributed by atoms with E-state index in [0.717, 1.165) is 11.6 Å². The van der Waals surface area contributed by atoms with Gasteiger partial charge in [0.05, 0.1) is 5.02 Å². The van der Waals surface area contributed by atoms with Crippen LogP contribution in [0.5, 0.6) is 11.5 Å². The van der Waals surface area contributed by atoms with Gasteiger partial charge in [0, 0.05) is 5.56 Å². The molecule has 0 saturated carbocycles. The molecule has 0 spiro atoms. The van der Waals surface area contributed by atoms with E-state index in [1.807, 2.05) is 13.0 Å².